The van der Waals surface area contributed by atoms with E-state index in [9.17, 15) is 14.4 Å². The van der Waals surface area contributed by atoms with Crippen molar-refractivity contribution in [3.05, 3.63) is 120 Å². The number of esters is 2. The molecular weight excluding hydrogens is 592 g/mol. The number of nitrogens with zero attached hydrogens (tertiary/aromatic N) is 2. The lowest BCUT2D eigenvalue weighted by Gasteiger charge is -2.25. The largest absolute Gasteiger partial charge is 0.493 e. The van der Waals surface area contributed by atoms with Gasteiger partial charge in [-0.05, 0) is 59.9 Å². The molecule has 0 bridgehead atoms. The minimum absolute atomic E-state index is 0.118. The molecular formula is C35H34N2O7S. The van der Waals surface area contributed by atoms with Crippen molar-refractivity contribution in [3.63, 3.8) is 0 Å². The topological polar surface area (TPSA) is 105 Å². The maximum absolute atomic E-state index is 14.0. The second-order valence-corrected chi connectivity index (χ2v) is 11.9. The van der Waals surface area contributed by atoms with Crippen LogP contribution in [0.2, 0.25) is 0 Å². The maximum atomic E-state index is 14.0. The van der Waals surface area contributed by atoms with Crippen molar-refractivity contribution in [1.82, 2.24) is 4.57 Å². The Morgan fingerprint density at radius 1 is 1.02 bits per heavy atom. The number of allylic oxidation sites excluding steroid dienone is 1. The summed E-state index contributed by atoms with van der Waals surface area (Å²) in [6, 6.07) is 21.5. The predicted octanol–water partition coefficient (Wildman–Crippen LogP) is 4.95. The molecule has 1 aliphatic heterocycles. The van der Waals surface area contributed by atoms with E-state index in [0.29, 0.717) is 33.0 Å². The van der Waals surface area contributed by atoms with Gasteiger partial charge in [-0.15, -0.1) is 0 Å². The Bertz CT molecular complexity index is 1920. The molecule has 0 N–H and O–H groups in total. The van der Waals surface area contributed by atoms with Crippen LogP contribution in [0.4, 0.5) is 0 Å². The first kappa shape index (κ1) is 31.5. The Labute approximate surface area is 264 Å². The van der Waals surface area contributed by atoms with Gasteiger partial charge in [0.05, 0.1) is 35.6 Å². The van der Waals surface area contributed by atoms with Crippen LogP contribution in [0.3, 0.4) is 0 Å². The predicted molar refractivity (Wildman–Crippen MR) is 171 cm³/mol. The Balaban J connectivity index is 1.54. The molecule has 0 aliphatic carbocycles. The van der Waals surface area contributed by atoms with E-state index in [-0.39, 0.29) is 35.2 Å². The molecule has 0 fully saturated rings. The number of aromatic nitrogens is 1. The molecule has 0 spiro atoms. The molecule has 1 aliphatic rings. The lowest BCUT2D eigenvalue weighted by Crippen LogP contribution is -2.40. The van der Waals surface area contributed by atoms with Crippen molar-refractivity contribution in [3.8, 4) is 17.2 Å². The molecule has 4 aromatic rings. The molecule has 9 nitrogen and oxygen atoms in total. The summed E-state index contributed by atoms with van der Waals surface area (Å²) in [5.74, 6) is 0.277. The molecule has 1 atom stereocenters. The van der Waals surface area contributed by atoms with Crippen LogP contribution in [0, 0.1) is 5.92 Å². The zero-order valence-corrected chi connectivity index (χ0v) is 26.6. The molecule has 10 heteroatoms. The number of benzene rings is 3. The Morgan fingerprint density at radius 3 is 2.42 bits per heavy atom. The van der Waals surface area contributed by atoms with Crippen LogP contribution in [-0.4, -0.2) is 30.2 Å². The third kappa shape index (κ3) is 7.24. The second-order valence-electron chi connectivity index (χ2n) is 10.9. The molecule has 0 saturated heterocycles. The summed E-state index contributed by atoms with van der Waals surface area (Å²) in [6.45, 7) is 7.59. The van der Waals surface area contributed by atoms with Crippen molar-refractivity contribution in [1.29, 1.82) is 0 Å². The van der Waals surface area contributed by atoms with Gasteiger partial charge in [-0.2, -0.15) is 0 Å². The van der Waals surface area contributed by atoms with Gasteiger partial charge in [0.25, 0.3) is 5.56 Å². The normalized spacial score (nSPS) is 14.5. The zero-order chi connectivity index (χ0) is 32.1. The highest BCUT2D eigenvalue weighted by Gasteiger charge is 2.34. The van der Waals surface area contributed by atoms with Crippen molar-refractivity contribution in [2.24, 2.45) is 10.9 Å². The van der Waals surface area contributed by atoms with Crippen molar-refractivity contribution in [2.45, 2.75) is 40.3 Å². The van der Waals surface area contributed by atoms with Crippen LogP contribution >= 0.6 is 11.3 Å². The summed E-state index contributed by atoms with van der Waals surface area (Å²) in [7, 11) is 1.45. The van der Waals surface area contributed by atoms with Crippen molar-refractivity contribution < 1.29 is 28.5 Å². The van der Waals surface area contributed by atoms with Gasteiger partial charge in [0.1, 0.15) is 12.4 Å². The van der Waals surface area contributed by atoms with Crippen LogP contribution in [0.5, 0.6) is 17.2 Å². The summed E-state index contributed by atoms with van der Waals surface area (Å²) >= 11 is 1.23. The van der Waals surface area contributed by atoms with Gasteiger partial charge in [0.2, 0.25) is 0 Å². The lowest BCUT2D eigenvalue weighted by atomic mass is 9.95. The van der Waals surface area contributed by atoms with E-state index in [1.54, 1.807) is 31.2 Å². The number of methoxy groups -OCH3 is 1. The van der Waals surface area contributed by atoms with Crippen LogP contribution in [0.15, 0.2) is 93.9 Å². The van der Waals surface area contributed by atoms with Crippen molar-refractivity contribution >= 4 is 29.4 Å². The Morgan fingerprint density at radius 2 is 1.76 bits per heavy atom. The van der Waals surface area contributed by atoms with E-state index >= 15 is 0 Å². The minimum atomic E-state index is -0.850. The number of carbonyl (C=O) groups excluding carboxylic acids is 2. The zero-order valence-electron chi connectivity index (χ0n) is 25.7. The van der Waals surface area contributed by atoms with Crippen LogP contribution in [-0.2, 0) is 20.9 Å². The van der Waals surface area contributed by atoms with Gasteiger partial charge in [-0.3, -0.25) is 14.2 Å². The molecule has 0 saturated carbocycles. The smallest absolute Gasteiger partial charge is 0.338 e. The van der Waals surface area contributed by atoms with Gasteiger partial charge in [-0.1, -0.05) is 73.7 Å². The quantitative estimate of drug-likeness (QED) is 0.181. The van der Waals surface area contributed by atoms with Crippen LogP contribution < -0.4 is 29.1 Å². The van der Waals surface area contributed by atoms with E-state index in [1.807, 2.05) is 68.4 Å². The summed E-state index contributed by atoms with van der Waals surface area (Å²) in [5, 5.41) is 0. The van der Waals surface area contributed by atoms with Gasteiger partial charge < -0.3 is 18.9 Å². The lowest BCUT2D eigenvalue weighted by molar-refractivity contribution is -0.140. The number of rotatable bonds is 10. The Kier molecular flexibility index (Phi) is 9.63. The summed E-state index contributed by atoms with van der Waals surface area (Å²) in [6.07, 6.45) is 1.79. The fraction of sp³-hybridized carbons (Fsp3) is 0.257. The number of thiazole rings is 1. The average Bonchev–Trinajstić information content (AvgIpc) is 3.33. The monoisotopic (exact) mass is 626 g/mol. The molecule has 1 aromatic heterocycles. The summed E-state index contributed by atoms with van der Waals surface area (Å²) < 4.78 is 24.3. The highest BCUT2D eigenvalue weighted by atomic mass is 32.1. The molecule has 1 unspecified atom stereocenters. The van der Waals surface area contributed by atoms with Crippen molar-refractivity contribution in [2.75, 3.05) is 13.7 Å². The molecule has 0 radical (unpaired) electrons. The van der Waals surface area contributed by atoms with Gasteiger partial charge >= 0.3 is 11.9 Å². The highest BCUT2D eigenvalue weighted by molar-refractivity contribution is 7.07. The fourth-order valence-corrected chi connectivity index (χ4v) is 5.91. The number of fused-ring (bicyclic) bond motifs is 1. The van der Waals surface area contributed by atoms with E-state index in [1.165, 1.54) is 29.9 Å². The first-order valence-corrected chi connectivity index (χ1v) is 15.3. The first-order valence-electron chi connectivity index (χ1n) is 14.5. The molecule has 2 heterocycles. The summed E-state index contributed by atoms with van der Waals surface area (Å²) in [5.41, 5.74) is 2.84. The number of hydrogen-bond donors (Lipinski definition) is 0. The molecule has 45 heavy (non-hydrogen) atoms. The SMILES string of the molecule is COc1cc(C2C(C(=O)OCC(C)C)=C(C)N=c3s/c(=C/c4ccc(OCc5ccccc5)cc4)c(=O)n32)ccc1OC(C)=O. The minimum Gasteiger partial charge on any atom is -0.493 e. The third-order valence-electron chi connectivity index (χ3n) is 6.97. The highest BCUT2D eigenvalue weighted by Crippen LogP contribution is 2.36. The standard InChI is InChI=1S/C35H34N2O7S/c1-21(2)19-43-34(40)31-22(3)36-35-37(32(31)26-13-16-28(44-23(4)38)29(18-26)41-5)33(39)30(45-35)17-24-11-14-27(15-12-24)42-20-25-9-7-6-8-10-25/h6-18,21,32H,19-20H2,1-5H3/b30-17+. The molecule has 232 valence electrons. The van der Waals surface area contributed by atoms with E-state index in [4.69, 9.17) is 18.9 Å². The van der Waals surface area contributed by atoms with E-state index < -0.39 is 18.0 Å². The van der Waals surface area contributed by atoms with Gasteiger partial charge in [-0.25, -0.2) is 9.79 Å². The fourth-order valence-electron chi connectivity index (χ4n) is 4.86. The number of hydrogen-bond acceptors (Lipinski definition) is 9. The van der Waals surface area contributed by atoms with E-state index in [2.05, 4.69) is 4.99 Å². The van der Waals surface area contributed by atoms with Gasteiger partial charge in [0, 0.05) is 6.92 Å². The molecule has 0 amide bonds. The molecule has 3 aromatic carbocycles. The average molecular weight is 627 g/mol. The van der Waals surface area contributed by atoms with E-state index in [0.717, 1.165) is 11.1 Å². The van der Waals surface area contributed by atoms with Crippen LogP contribution in [0.1, 0.15) is 50.4 Å². The third-order valence-corrected chi connectivity index (χ3v) is 7.96. The molecule has 5 rings (SSSR count). The Hall–Kier alpha value is -4.96. The first-order chi connectivity index (χ1) is 21.6. The summed E-state index contributed by atoms with van der Waals surface area (Å²) in [4.78, 5) is 44.2. The maximum Gasteiger partial charge on any atom is 0.338 e. The number of carbonyl (C=O) groups is 2. The van der Waals surface area contributed by atoms with Crippen LogP contribution in [0.25, 0.3) is 6.08 Å². The number of ether oxygens (including phenoxy) is 4. The second kappa shape index (κ2) is 13.8. The van der Waals surface area contributed by atoms with Gasteiger partial charge in [0.15, 0.2) is 16.3 Å².